The summed E-state index contributed by atoms with van der Waals surface area (Å²) in [7, 11) is 0. The van der Waals surface area contributed by atoms with Crippen molar-refractivity contribution in [2.45, 2.75) is 78.1 Å². The van der Waals surface area contributed by atoms with Gasteiger partial charge < -0.3 is 14.9 Å². The number of esters is 2. The summed E-state index contributed by atoms with van der Waals surface area (Å²) < 4.78 is 5.17. The first-order chi connectivity index (χ1) is 17.8. The van der Waals surface area contributed by atoms with E-state index in [0.29, 0.717) is 12.8 Å². The Morgan fingerprint density at radius 1 is 0.622 bits per heavy atom. The molecule has 0 aliphatic heterocycles. The van der Waals surface area contributed by atoms with E-state index in [1.54, 1.807) is 24.3 Å². The second kappa shape index (κ2) is 15.6. The maximum Gasteiger partial charge on any atom is 0.324 e. The molecule has 2 atom stereocenters. The molecule has 0 saturated heterocycles. The third kappa shape index (κ3) is 8.85. The SMILES string of the molecule is CCCCCCC(C(=O)OC(=O)C(CCCCCC)C(=O)c1ccccc1O)C(=O)c1ccccc1O. The Kier molecular flexibility index (Phi) is 12.5. The predicted molar refractivity (Wildman–Crippen MR) is 140 cm³/mol. The van der Waals surface area contributed by atoms with Crippen molar-refractivity contribution in [2.75, 3.05) is 0 Å². The molecule has 0 radical (unpaired) electrons. The monoisotopic (exact) mass is 510 g/mol. The first-order valence-electron chi connectivity index (χ1n) is 13.2. The van der Waals surface area contributed by atoms with Crippen LogP contribution >= 0.6 is 0 Å². The molecule has 2 aromatic carbocycles. The van der Waals surface area contributed by atoms with Gasteiger partial charge in [-0.05, 0) is 37.1 Å². The van der Waals surface area contributed by atoms with Crippen molar-refractivity contribution in [1.82, 2.24) is 0 Å². The number of para-hydroxylation sites is 2. The Labute approximate surface area is 218 Å². The third-order valence-corrected chi connectivity index (χ3v) is 6.43. The van der Waals surface area contributed by atoms with Gasteiger partial charge in [-0.2, -0.15) is 0 Å². The molecule has 0 saturated carbocycles. The van der Waals surface area contributed by atoms with Crippen molar-refractivity contribution in [3.63, 3.8) is 0 Å². The number of aromatic hydroxyl groups is 2. The highest BCUT2D eigenvalue weighted by Crippen LogP contribution is 2.27. The van der Waals surface area contributed by atoms with Gasteiger partial charge in [0.15, 0.2) is 11.6 Å². The number of Topliss-reactive ketones (excluding diaryl/α,β-unsaturated/α-hetero) is 2. The van der Waals surface area contributed by atoms with Crippen LogP contribution in [0.25, 0.3) is 0 Å². The molecule has 2 rings (SSSR count). The van der Waals surface area contributed by atoms with Crippen LogP contribution in [0.3, 0.4) is 0 Å². The summed E-state index contributed by atoms with van der Waals surface area (Å²) in [5.74, 6) is -6.39. The second-order valence-corrected chi connectivity index (χ2v) is 9.31. The minimum Gasteiger partial charge on any atom is -0.507 e. The minimum absolute atomic E-state index is 0.0196. The Hall–Kier alpha value is -3.48. The standard InChI is InChI=1S/C30H38O7/c1-3-5-7-9-17-23(27(33)21-15-11-13-19-25(21)31)29(35)37-30(36)24(18-10-8-6-4-2)28(34)22-16-12-14-20-26(22)32/h11-16,19-20,23-24,31-32H,3-10,17-18H2,1-2H3. The van der Waals surface area contributed by atoms with E-state index in [4.69, 9.17) is 4.74 Å². The molecule has 0 aliphatic rings. The Bertz CT molecular complexity index is 976. The van der Waals surface area contributed by atoms with E-state index in [-0.39, 0.29) is 35.5 Å². The fourth-order valence-corrected chi connectivity index (χ4v) is 4.24. The maximum atomic E-state index is 13.2. The van der Waals surface area contributed by atoms with Gasteiger partial charge in [-0.3, -0.25) is 19.2 Å². The first kappa shape index (κ1) is 29.7. The molecular formula is C30H38O7. The van der Waals surface area contributed by atoms with Gasteiger partial charge in [0, 0.05) is 0 Å². The average molecular weight is 511 g/mol. The smallest absolute Gasteiger partial charge is 0.324 e. The van der Waals surface area contributed by atoms with Crippen molar-refractivity contribution in [1.29, 1.82) is 0 Å². The second-order valence-electron chi connectivity index (χ2n) is 9.31. The zero-order valence-corrected chi connectivity index (χ0v) is 21.8. The highest BCUT2D eigenvalue weighted by molar-refractivity contribution is 6.14. The number of rotatable bonds is 16. The molecule has 7 heteroatoms. The van der Waals surface area contributed by atoms with Gasteiger partial charge in [-0.1, -0.05) is 89.5 Å². The molecular weight excluding hydrogens is 472 g/mol. The van der Waals surface area contributed by atoms with E-state index in [1.165, 1.54) is 24.3 Å². The largest absolute Gasteiger partial charge is 0.507 e. The van der Waals surface area contributed by atoms with Gasteiger partial charge in [0.25, 0.3) is 0 Å². The molecule has 2 N–H and O–H groups in total. The van der Waals surface area contributed by atoms with Gasteiger partial charge in [0.1, 0.15) is 23.3 Å². The molecule has 0 heterocycles. The van der Waals surface area contributed by atoms with Crippen LogP contribution in [0.1, 0.15) is 98.8 Å². The molecule has 0 spiro atoms. The lowest BCUT2D eigenvalue weighted by atomic mass is 9.90. The van der Waals surface area contributed by atoms with Crippen molar-refractivity contribution in [3.8, 4) is 11.5 Å². The van der Waals surface area contributed by atoms with Crippen LogP contribution in [0.2, 0.25) is 0 Å². The van der Waals surface area contributed by atoms with Crippen LogP contribution in [0.5, 0.6) is 11.5 Å². The van der Waals surface area contributed by atoms with Gasteiger partial charge >= 0.3 is 11.9 Å². The molecule has 0 aliphatic carbocycles. The average Bonchev–Trinajstić information content (AvgIpc) is 2.88. The topological polar surface area (TPSA) is 118 Å². The zero-order valence-electron chi connectivity index (χ0n) is 21.8. The van der Waals surface area contributed by atoms with E-state index in [9.17, 15) is 29.4 Å². The van der Waals surface area contributed by atoms with Crippen LogP contribution in [0.15, 0.2) is 48.5 Å². The summed E-state index contributed by atoms with van der Waals surface area (Å²) in [6.07, 6.45) is 6.85. The van der Waals surface area contributed by atoms with Gasteiger partial charge in [0.2, 0.25) is 0 Å². The fraction of sp³-hybridized carbons (Fsp3) is 0.467. The number of carbonyl (C=O) groups is 4. The van der Waals surface area contributed by atoms with Crippen LogP contribution < -0.4 is 0 Å². The maximum absolute atomic E-state index is 13.2. The van der Waals surface area contributed by atoms with E-state index >= 15 is 0 Å². The lowest BCUT2D eigenvalue weighted by Gasteiger charge is -2.18. The number of hydrogen-bond donors (Lipinski definition) is 2. The quantitative estimate of drug-likeness (QED) is 0.116. The highest BCUT2D eigenvalue weighted by Gasteiger charge is 2.36. The van der Waals surface area contributed by atoms with Crippen molar-refractivity contribution >= 4 is 23.5 Å². The van der Waals surface area contributed by atoms with E-state index < -0.39 is 35.3 Å². The van der Waals surface area contributed by atoms with Crippen molar-refractivity contribution < 1.29 is 34.1 Å². The summed E-state index contributed by atoms with van der Waals surface area (Å²) in [4.78, 5) is 52.7. The van der Waals surface area contributed by atoms with Crippen LogP contribution in [-0.4, -0.2) is 33.7 Å². The number of carbonyl (C=O) groups excluding carboxylic acids is 4. The summed E-state index contributed by atoms with van der Waals surface area (Å²) in [5, 5.41) is 20.3. The molecule has 7 nitrogen and oxygen atoms in total. The van der Waals surface area contributed by atoms with Gasteiger partial charge in [0.05, 0.1) is 11.1 Å². The summed E-state index contributed by atoms with van der Waals surface area (Å²) in [5.41, 5.74) is -0.0393. The Morgan fingerprint density at radius 3 is 1.35 bits per heavy atom. The predicted octanol–water partition coefficient (Wildman–Crippen LogP) is 6.41. The van der Waals surface area contributed by atoms with Crippen molar-refractivity contribution in [2.24, 2.45) is 11.8 Å². The van der Waals surface area contributed by atoms with Crippen molar-refractivity contribution in [3.05, 3.63) is 59.7 Å². The number of unbranched alkanes of at least 4 members (excludes halogenated alkanes) is 6. The number of ketones is 2. The van der Waals surface area contributed by atoms with Crippen LogP contribution in [0.4, 0.5) is 0 Å². The number of benzene rings is 2. The molecule has 0 amide bonds. The van der Waals surface area contributed by atoms with E-state index in [2.05, 4.69) is 0 Å². The molecule has 2 unspecified atom stereocenters. The van der Waals surface area contributed by atoms with Crippen LogP contribution in [-0.2, 0) is 14.3 Å². The fourth-order valence-electron chi connectivity index (χ4n) is 4.24. The molecule has 200 valence electrons. The third-order valence-electron chi connectivity index (χ3n) is 6.43. The molecule has 2 aromatic rings. The Morgan fingerprint density at radius 2 is 1.00 bits per heavy atom. The number of ether oxygens (including phenoxy) is 1. The summed E-state index contributed by atoms with van der Waals surface area (Å²) >= 11 is 0. The van der Waals surface area contributed by atoms with E-state index in [1.807, 2.05) is 13.8 Å². The van der Waals surface area contributed by atoms with Gasteiger partial charge in [-0.25, -0.2) is 0 Å². The Balaban J connectivity index is 2.25. The normalized spacial score (nSPS) is 12.5. The zero-order chi connectivity index (χ0) is 27.2. The number of phenolic OH excluding ortho intramolecular Hbond substituents is 2. The highest BCUT2D eigenvalue weighted by atomic mass is 16.6. The minimum atomic E-state index is -1.28. The van der Waals surface area contributed by atoms with E-state index in [0.717, 1.165) is 38.5 Å². The number of phenols is 2. The number of hydrogen-bond acceptors (Lipinski definition) is 7. The van der Waals surface area contributed by atoms with Crippen LogP contribution in [0, 0.1) is 11.8 Å². The van der Waals surface area contributed by atoms with Gasteiger partial charge in [-0.15, -0.1) is 0 Å². The lowest BCUT2D eigenvalue weighted by molar-refractivity contribution is -0.163. The molecule has 0 bridgehead atoms. The summed E-state index contributed by atoms with van der Waals surface area (Å²) in [6.45, 7) is 4.08. The lowest BCUT2D eigenvalue weighted by Crippen LogP contribution is -2.33. The molecule has 37 heavy (non-hydrogen) atoms. The molecule has 0 aromatic heterocycles. The summed E-state index contributed by atoms with van der Waals surface area (Å²) in [6, 6.07) is 11.8. The first-order valence-corrected chi connectivity index (χ1v) is 13.2. The molecule has 0 fully saturated rings.